The smallest absolute Gasteiger partial charge is 0.407 e. The summed E-state index contributed by atoms with van der Waals surface area (Å²) in [6.07, 6.45) is -0.479. The average molecular weight is 281 g/mol. The van der Waals surface area contributed by atoms with Crippen LogP contribution in [0.1, 0.15) is 27.2 Å². The molecule has 0 bridgehead atoms. The van der Waals surface area contributed by atoms with E-state index < -0.39 is 33.3 Å². The number of alkyl carbamates (subject to hydrolysis) is 1. The highest BCUT2D eigenvalue weighted by atomic mass is 32.2. The van der Waals surface area contributed by atoms with Crippen LogP contribution in [0.15, 0.2) is 0 Å². The third kappa shape index (κ3) is 9.88. The largest absolute Gasteiger partial charge is 0.480 e. The topological polar surface area (TPSA) is 110 Å². The Labute approximate surface area is 106 Å². The van der Waals surface area contributed by atoms with Gasteiger partial charge in [-0.1, -0.05) is 0 Å². The fourth-order valence-electron chi connectivity index (χ4n) is 1.06. The minimum Gasteiger partial charge on any atom is -0.480 e. The molecule has 106 valence electrons. The normalized spacial score (nSPS) is 11.9. The highest BCUT2D eigenvalue weighted by molar-refractivity contribution is 7.92. The highest BCUT2D eigenvalue weighted by Crippen LogP contribution is 2.06. The number of amides is 1. The van der Waals surface area contributed by atoms with E-state index in [-0.39, 0.29) is 18.7 Å². The van der Waals surface area contributed by atoms with Crippen LogP contribution in [0.4, 0.5) is 4.79 Å². The zero-order valence-electron chi connectivity index (χ0n) is 10.7. The van der Waals surface area contributed by atoms with E-state index in [1.54, 1.807) is 20.8 Å². The summed E-state index contributed by atoms with van der Waals surface area (Å²) in [5, 5.41) is 10.7. The zero-order valence-corrected chi connectivity index (χ0v) is 11.5. The lowest BCUT2D eigenvalue weighted by atomic mass is 10.2. The standard InChI is InChI=1S/C10H19NO6S/c1-10(2,3)17-9(14)11-5-4-6-18(15,16)7-8(12)13/h4-7H2,1-3H3,(H,11,14)(H,12,13). The van der Waals surface area contributed by atoms with Crippen molar-refractivity contribution in [3.8, 4) is 0 Å². The van der Waals surface area contributed by atoms with Crippen molar-refractivity contribution >= 4 is 21.9 Å². The molecule has 0 aliphatic carbocycles. The Morgan fingerprint density at radius 3 is 2.28 bits per heavy atom. The van der Waals surface area contributed by atoms with Gasteiger partial charge < -0.3 is 15.2 Å². The zero-order chi connectivity index (χ0) is 14.4. The maximum atomic E-state index is 11.2. The van der Waals surface area contributed by atoms with Crippen LogP contribution in [0.5, 0.6) is 0 Å². The number of carboxylic acids is 1. The second-order valence-electron chi connectivity index (χ2n) is 4.77. The van der Waals surface area contributed by atoms with Gasteiger partial charge in [0.1, 0.15) is 11.4 Å². The van der Waals surface area contributed by atoms with Crippen molar-refractivity contribution in [3.63, 3.8) is 0 Å². The first-order chi connectivity index (χ1) is 8.02. The van der Waals surface area contributed by atoms with Crippen LogP contribution in [0.2, 0.25) is 0 Å². The van der Waals surface area contributed by atoms with Crippen molar-refractivity contribution in [2.24, 2.45) is 0 Å². The molecule has 0 fully saturated rings. The Hall–Kier alpha value is -1.31. The van der Waals surface area contributed by atoms with Gasteiger partial charge in [-0.2, -0.15) is 0 Å². The Morgan fingerprint density at radius 1 is 1.28 bits per heavy atom. The molecule has 0 aliphatic rings. The number of carbonyl (C=O) groups excluding carboxylic acids is 1. The van der Waals surface area contributed by atoms with Gasteiger partial charge in [-0.05, 0) is 27.2 Å². The Balaban J connectivity index is 3.87. The minimum atomic E-state index is -3.61. The first-order valence-corrected chi connectivity index (χ1v) is 7.23. The van der Waals surface area contributed by atoms with Crippen molar-refractivity contribution in [2.45, 2.75) is 32.8 Å². The number of carbonyl (C=O) groups is 2. The molecule has 7 nitrogen and oxygen atoms in total. The van der Waals surface area contributed by atoms with Crippen LogP contribution in [-0.2, 0) is 19.4 Å². The van der Waals surface area contributed by atoms with Crippen LogP contribution in [0.3, 0.4) is 0 Å². The van der Waals surface area contributed by atoms with Gasteiger partial charge in [0, 0.05) is 6.54 Å². The minimum absolute atomic E-state index is 0.119. The molecule has 0 radical (unpaired) electrons. The molecule has 1 amide bonds. The molecule has 0 aromatic carbocycles. The number of ether oxygens (including phenoxy) is 1. The summed E-state index contributed by atoms with van der Waals surface area (Å²) >= 11 is 0. The van der Waals surface area contributed by atoms with Gasteiger partial charge in [-0.3, -0.25) is 4.79 Å². The molecule has 18 heavy (non-hydrogen) atoms. The summed E-state index contributed by atoms with van der Waals surface area (Å²) in [6, 6.07) is 0. The fraction of sp³-hybridized carbons (Fsp3) is 0.800. The lowest BCUT2D eigenvalue weighted by Gasteiger charge is -2.19. The summed E-state index contributed by atoms with van der Waals surface area (Å²) in [5.74, 6) is -2.55. The van der Waals surface area contributed by atoms with Gasteiger partial charge in [0.05, 0.1) is 5.75 Å². The molecule has 8 heteroatoms. The molecule has 0 aliphatic heterocycles. The quantitative estimate of drug-likeness (QED) is 0.682. The molecule has 0 spiro atoms. The van der Waals surface area contributed by atoms with E-state index in [2.05, 4.69) is 5.32 Å². The Morgan fingerprint density at radius 2 is 1.83 bits per heavy atom. The Bertz CT molecular complexity index is 395. The fourth-order valence-corrected chi connectivity index (χ4v) is 2.16. The van der Waals surface area contributed by atoms with Crippen LogP contribution in [0, 0.1) is 0 Å². The van der Waals surface area contributed by atoms with Gasteiger partial charge in [0.15, 0.2) is 9.84 Å². The van der Waals surface area contributed by atoms with E-state index in [1.165, 1.54) is 0 Å². The van der Waals surface area contributed by atoms with E-state index in [0.29, 0.717) is 0 Å². The number of hydrogen-bond donors (Lipinski definition) is 2. The maximum absolute atomic E-state index is 11.2. The number of aliphatic carboxylic acids is 1. The van der Waals surface area contributed by atoms with E-state index in [0.717, 1.165) is 0 Å². The van der Waals surface area contributed by atoms with Crippen LogP contribution in [0.25, 0.3) is 0 Å². The number of rotatable bonds is 6. The maximum Gasteiger partial charge on any atom is 0.407 e. The molecule has 2 N–H and O–H groups in total. The van der Waals surface area contributed by atoms with Crippen molar-refractivity contribution in [3.05, 3.63) is 0 Å². The molecular formula is C10H19NO6S. The predicted molar refractivity (Wildman–Crippen MR) is 65.1 cm³/mol. The first kappa shape index (κ1) is 16.7. The van der Waals surface area contributed by atoms with Crippen LogP contribution < -0.4 is 5.32 Å². The van der Waals surface area contributed by atoms with E-state index in [1.807, 2.05) is 0 Å². The summed E-state index contributed by atoms with van der Waals surface area (Å²) in [6.45, 7) is 5.26. The monoisotopic (exact) mass is 281 g/mol. The second-order valence-corrected chi connectivity index (χ2v) is 6.95. The van der Waals surface area contributed by atoms with E-state index in [4.69, 9.17) is 9.84 Å². The molecule has 0 unspecified atom stereocenters. The number of nitrogens with one attached hydrogen (secondary N) is 1. The molecule has 0 aromatic rings. The summed E-state index contributed by atoms with van der Waals surface area (Å²) in [4.78, 5) is 21.4. The van der Waals surface area contributed by atoms with Crippen LogP contribution in [-0.4, -0.2) is 49.2 Å². The third-order valence-corrected chi connectivity index (χ3v) is 3.24. The molecule has 0 saturated heterocycles. The van der Waals surface area contributed by atoms with Gasteiger partial charge in [-0.15, -0.1) is 0 Å². The second kappa shape index (κ2) is 6.58. The van der Waals surface area contributed by atoms with Gasteiger partial charge in [-0.25, -0.2) is 13.2 Å². The van der Waals surface area contributed by atoms with Gasteiger partial charge >= 0.3 is 12.1 Å². The lowest BCUT2D eigenvalue weighted by Crippen LogP contribution is -2.33. The molecule has 0 atom stereocenters. The number of hydrogen-bond acceptors (Lipinski definition) is 5. The van der Waals surface area contributed by atoms with Crippen molar-refractivity contribution < 1.29 is 27.9 Å². The molecular weight excluding hydrogens is 262 g/mol. The van der Waals surface area contributed by atoms with Crippen molar-refractivity contribution in [1.29, 1.82) is 0 Å². The summed E-state index contributed by atoms with van der Waals surface area (Å²) in [7, 11) is -3.61. The molecule has 0 heterocycles. The molecule has 0 rings (SSSR count). The molecule has 0 saturated carbocycles. The lowest BCUT2D eigenvalue weighted by molar-refractivity contribution is -0.134. The van der Waals surface area contributed by atoms with Crippen molar-refractivity contribution in [2.75, 3.05) is 18.1 Å². The van der Waals surface area contributed by atoms with Crippen LogP contribution >= 0.6 is 0 Å². The SMILES string of the molecule is CC(C)(C)OC(=O)NCCCS(=O)(=O)CC(=O)O. The summed E-state index contributed by atoms with van der Waals surface area (Å²) in [5.41, 5.74) is -0.612. The third-order valence-electron chi connectivity index (χ3n) is 1.64. The number of sulfone groups is 1. The van der Waals surface area contributed by atoms with Crippen molar-refractivity contribution in [1.82, 2.24) is 5.32 Å². The van der Waals surface area contributed by atoms with E-state index >= 15 is 0 Å². The van der Waals surface area contributed by atoms with Gasteiger partial charge in [0.2, 0.25) is 0 Å². The molecule has 0 aromatic heterocycles. The Kier molecular flexibility index (Phi) is 6.10. The van der Waals surface area contributed by atoms with Gasteiger partial charge in [0.25, 0.3) is 0 Å². The van der Waals surface area contributed by atoms with E-state index in [9.17, 15) is 18.0 Å². The summed E-state index contributed by atoms with van der Waals surface area (Å²) < 4.78 is 27.3. The highest BCUT2D eigenvalue weighted by Gasteiger charge is 2.17. The average Bonchev–Trinajstić information content (AvgIpc) is 2.07. The first-order valence-electron chi connectivity index (χ1n) is 5.41. The predicted octanol–water partition coefficient (Wildman–Crippen LogP) is 0.401. The number of carboxylic acid groups (broad SMARTS) is 1.